The zero-order chi connectivity index (χ0) is 6.53. The van der Waals surface area contributed by atoms with Crippen LogP contribution in [0.5, 0.6) is 0 Å². The van der Waals surface area contributed by atoms with Crippen LogP contribution in [0.2, 0.25) is 0 Å². The van der Waals surface area contributed by atoms with Crippen molar-refractivity contribution in [3.05, 3.63) is 30.3 Å². The van der Waals surface area contributed by atoms with Crippen molar-refractivity contribution in [3.63, 3.8) is 0 Å². The Hall–Kier alpha value is -0.470. The third kappa shape index (κ3) is 2.08. The molecular weight excluding hydrogens is 132 g/mol. The van der Waals surface area contributed by atoms with E-state index >= 15 is 0 Å². The van der Waals surface area contributed by atoms with Gasteiger partial charge >= 0.3 is 0 Å². The predicted octanol–water partition coefficient (Wildman–Crippen LogP) is 1.42. The highest BCUT2D eigenvalue weighted by atomic mass is 32.2. The molecule has 0 unspecified atom stereocenters. The third-order valence-corrected chi connectivity index (χ3v) is 1.64. The Labute approximate surface area is 59.2 Å². The lowest BCUT2D eigenvalue weighted by atomic mass is 10.4. The molecule has 0 N–H and O–H groups in total. The Balaban J connectivity index is 2.61. The van der Waals surface area contributed by atoms with Gasteiger partial charge in [-0.25, -0.2) is 0 Å². The highest BCUT2D eigenvalue weighted by molar-refractivity contribution is 7.73. The van der Waals surface area contributed by atoms with Gasteiger partial charge in [0, 0.05) is 0 Å². The number of rotatable bonds is 2. The number of hydrogen-bond acceptors (Lipinski definition) is 1. The Morgan fingerprint density at radius 3 is 2.44 bits per heavy atom. The van der Waals surface area contributed by atoms with Crippen LogP contribution in [-0.2, 0) is 16.2 Å². The lowest BCUT2D eigenvalue weighted by Gasteiger charge is -1.83. The lowest BCUT2D eigenvalue weighted by molar-refractivity contribution is 0.485. The number of benzene rings is 1. The molecule has 1 nitrogen and oxygen atoms in total. The van der Waals surface area contributed by atoms with Gasteiger partial charge in [-0.05, 0) is 12.1 Å². The van der Waals surface area contributed by atoms with Crippen molar-refractivity contribution in [2.45, 2.75) is 4.90 Å². The van der Waals surface area contributed by atoms with Crippen molar-refractivity contribution in [2.24, 2.45) is 0 Å². The average Bonchev–Trinajstić information content (AvgIpc) is 1.91. The smallest absolute Gasteiger partial charge is 0.173 e. The molecule has 0 amide bonds. The first-order valence-electron chi connectivity index (χ1n) is 2.73. The second kappa shape index (κ2) is 3.54. The highest BCUT2D eigenvalue weighted by Crippen LogP contribution is 2.00. The first-order chi connectivity index (χ1) is 4.43. The van der Waals surface area contributed by atoms with Gasteiger partial charge in [0.15, 0.2) is 16.9 Å². The lowest BCUT2D eigenvalue weighted by Crippen LogP contribution is -1.81. The maximum atomic E-state index is 4.90. The minimum atomic E-state index is 0.931. The van der Waals surface area contributed by atoms with E-state index in [1.807, 2.05) is 30.3 Å². The van der Waals surface area contributed by atoms with Gasteiger partial charge in [-0.3, -0.25) is 0 Å². The summed E-state index contributed by atoms with van der Waals surface area (Å²) in [5, 5.41) is 0. The summed E-state index contributed by atoms with van der Waals surface area (Å²) in [7, 11) is 1.69. The van der Waals surface area contributed by atoms with Crippen molar-refractivity contribution in [1.29, 1.82) is 0 Å². The van der Waals surface area contributed by atoms with Crippen molar-refractivity contribution in [2.75, 3.05) is 7.11 Å². The fourth-order valence-electron chi connectivity index (χ4n) is 0.594. The molecule has 0 aromatic heterocycles. The van der Waals surface area contributed by atoms with Gasteiger partial charge in [0.05, 0.1) is 7.11 Å². The van der Waals surface area contributed by atoms with E-state index in [-0.39, 0.29) is 0 Å². The van der Waals surface area contributed by atoms with E-state index in [4.69, 9.17) is 4.18 Å². The normalized spacial score (nSPS) is 9.44. The van der Waals surface area contributed by atoms with Crippen molar-refractivity contribution in [1.82, 2.24) is 0 Å². The van der Waals surface area contributed by atoms with Crippen LogP contribution >= 0.6 is 0 Å². The summed E-state index contributed by atoms with van der Waals surface area (Å²) in [6, 6.07) is 10.1. The van der Waals surface area contributed by atoms with E-state index in [0.29, 0.717) is 0 Å². The molecule has 0 fully saturated rings. The quantitative estimate of drug-likeness (QED) is 0.447. The summed E-state index contributed by atoms with van der Waals surface area (Å²) in [6.45, 7) is 0. The van der Waals surface area contributed by atoms with Gasteiger partial charge in [-0.1, -0.05) is 18.2 Å². The molecule has 9 heavy (non-hydrogen) atoms. The van der Waals surface area contributed by atoms with E-state index in [9.17, 15) is 0 Å². The molecule has 0 spiro atoms. The molecular formula is C7H9OS+. The van der Waals surface area contributed by atoms with Crippen LogP contribution in [0, 0.1) is 0 Å². The molecule has 0 saturated heterocycles. The minimum Gasteiger partial charge on any atom is -0.173 e. The standard InChI is InChI=1S/C7H8OS/c1-8-9-7-5-3-2-4-6-7/h2-6H,1H3/p+1. The van der Waals surface area contributed by atoms with E-state index in [1.165, 1.54) is 4.90 Å². The summed E-state index contributed by atoms with van der Waals surface area (Å²) in [4.78, 5) is 1.19. The monoisotopic (exact) mass is 141 g/mol. The van der Waals surface area contributed by atoms with E-state index in [2.05, 4.69) is 0 Å². The summed E-state index contributed by atoms with van der Waals surface area (Å²) < 4.78 is 4.90. The van der Waals surface area contributed by atoms with Crippen molar-refractivity contribution < 1.29 is 4.18 Å². The summed E-state index contributed by atoms with van der Waals surface area (Å²) in [5.74, 6) is 0. The zero-order valence-electron chi connectivity index (χ0n) is 5.24. The van der Waals surface area contributed by atoms with Crippen LogP contribution in [0.4, 0.5) is 0 Å². The van der Waals surface area contributed by atoms with Crippen molar-refractivity contribution >= 4 is 12.0 Å². The van der Waals surface area contributed by atoms with Crippen LogP contribution in [-0.4, -0.2) is 7.11 Å². The Kier molecular flexibility index (Phi) is 2.61. The van der Waals surface area contributed by atoms with Gasteiger partial charge < -0.3 is 0 Å². The predicted molar refractivity (Wildman–Crippen MR) is 40.5 cm³/mol. The molecule has 0 aliphatic heterocycles. The zero-order valence-corrected chi connectivity index (χ0v) is 6.14. The van der Waals surface area contributed by atoms with Gasteiger partial charge in [-0.2, -0.15) is 4.18 Å². The summed E-state index contributed by atoms with van der Waals surface area (Å²) >= 11 is 0.931. The SMILES string of the molecule is CO[SH+]c1ccccc1. The second-order valence-electron chi connectivity index (χ2n) is 1.61. The first-order valence-corrected chi connectivity index (χ1v) is 3.54. The molecule has 0 radical (unpaired) electrons. The largest absolute Gasteiger partial charge is 0.187 e. The Morgan fingerprint density at radius 2 is 1.89 bits per heavy atom. The first kappa shape index (κ1) is 6.65. The van der Waals surface area contributed by atoms with Crippen LogP contribution in [0.1, 0.15) is 0 Å². The molecule has 1 rings (SSSR count). The second-order valence-corrected chi connectivity index (χ2v) is 2.67. The molecule has 0 saturated carbocycles. The van der Waals surface area contributed by atoms with Crippen LogP contribution < -0.4 is 0 Å². The molecule has 0 heterocycles. The van der Waals surface area contributed by atoms with E-state index < -0.39 is 0 Å². The minimum absolute atomic E-state index is 0.931. The van der Waals surface area contributed by atoms with Crippen LogP contribution in [0.25, 0.3) is 0 Å². The maximum absolute atomic E-state index is 4.90. The summed E-state index contributed by atoms with van der Waals surface area (Å²) in [6.07, 6.45) is 0. The Bertz CT molecular complexity index is 162. The Morgan fingerprint density at radius 1 is 1.22 bits per heavy atom. The van der Waals surface area contributed by atoms with Gasteiger partial charge in [0.25, 0.3) is 0 Å². The van der Waals surface area contributed by atoms with Gasteiger partial charge in [0.1, 0.15) is 0 Å². The number of thiol groups is 1. The molecule has 0 aliphatic carbocycles. The third-order valence-electron chi connectivity index (χ3n) is 0.953. The molecule has 48 valence electrons. The molecule has 0 bridgehead atoms. The molecule has 0 aliphatic rings. The van der Waals surface area contributed by atoms with Crippen molar-refractivity contribution in [3.8, 4) is 0 Å². The van der Waals surface area contributed by atoms with E-state index in [1.54, 1.807) is 7.11 Å². The van der Waals surface area contributed by atoms with E-state index in [0.717, 1.165) is 12.0 Å². The molecule has 1 aromatic rings. The molecule has 1 aromatic carbocycles. The molecule has 0 atom stereocenters. The maximum Gasteiger partial charge on any atom is 0.187 e. The highest BCUT2D eigenvalue weighted by Gasteiger charge is 1.96. The fraction of sp³-hybridized carbons (Fsp3) is 0.143. The fourth-order valence-corrected chi connectivity index (χ4v) is 1.10. The average molecular weight is 141 g/mol. The topological polar surface area (TPSA) is 9.23 Å². The summed E-state index contributed by atoms with van der Waals surface area (Å²) in [5.41, 5.74) is 0. The van der Waals surface area contributed by atoms with Gasteiger partial charge in [-0.15, -0.1) is 0 Å². The van der Waals surface area contributed by atoms with Crippen LogP contribution in [0.3, 0.4) is 0 Å². The number of hydrogen-bond donors (Lipinski definition) is 0. The molecule has 2 heteroatoms. The van der Waals surface area contributed by atoms with Gasteiger partial charge in [0.2, 0.25) is 0 Å². The van der Waals surface area contributed by atoms with Crippen LogP contribution in [0.15, 0.2) is 35.2 Å².